The first-order valence-corrected chi connectivity index (χ1v) is 6.42. The highest BCUT2D eigenvalue weighted by Crippen LogP contribution is 2.23. The first-order valence-electron chi connectivity index (χ1n) is 5.37. The fourth-order valence-electron chi connectivity index (χ4n) is 1.86. The van der Waals surface area contributed by atoms with Crippen LogP contribution in [0.2, 0.25) is 0 Å². The van der Waals surface area contributed by atoms with Gasteiger partial charge in [0.1, 0.15) is 5.75 Å². The second-order valence-electron chi connectivity index (χ2n) is 3.66. The van der Waals surface area contributed by atoms with Crippen molar-refractivity contribution in [3.8, 4) is 5.75 Å². The predicted octanol–water partition coefficient (Wildman–Crippen LogP) is 2.29. The SMILES string of the molecule is COc1ccccc1CCC1NCCS1. The highest BCUT2D eigenvalue weighted by molar-refractivity contribution is 8.00. The number of methoxy groups -OCH3 is 1. The summed E-state index contributed by atoms with van der Waals surface area (Å²) >= 11 is 2.02. The van der Waals surface area contributed by atoms with Gasteiger partial charge >= 0.3 is 0 Å². The zero-order chi connectivity index (χ0) is 10.5. The van der Waals surface area contributed by atoms with E-state index in [4.69, 9.17) is 4.74 Å². The fraction of sp³-hybridized carbons (Fsp3) is 0.500. The molecule has 1 aliphatic heterocycles. The molecule has 0 aliphatic carbocycles. The van der Waals surface area contributed by atoms with Crippen molar-refractivity contribution in [1.29, 1.82) is 0 Å². The van der Waals surface area contributed by atoms with E-state index in [9.17, 15) is 0 Å². The number of nitrogens with one attached hydrogen (secondary N) is 1. The number of benzene rings is 1. The zero-order valence-electron chi connectivity index (χ0n) is 9.03. The van der Waals surface area contributed by atoms with Crippen LogP contribution in [-0.4, -0.2) is 24.8 Å². The van der Waals surface area contributed by atoms with Crippen molar-refractivity contribution in [2.24, 2.45) is 0 Å². The van der Waals surface area contributed by atoms with Crippen LogP contribution < -0.4 is 10.1 Å². The third-order valence-corrected chi connectivity index (χ3v) is 3.91. The predicted molar refractivity (Wildman–Crippen MR) is 65.6 cm³/mol. The van der Waals surface area contributed by atoms with Crippen LogP contribution in [-0.2, 0) is 6.42 Å². The monoisotopic (exact) mass is 223 g/mol. The van der Waals surface area contributed by atoms with Gasteiger partial charge in [-0.05, 0) is 24.5 Å². The summed E-state index contributed by atoms with van der Waals surface area (Å²) in [6, 6.07) is 8.28. The van der Waals surface area contributed by atoms with Gasteiger partial charge in [0.05, 0.1) is 12.5 Å². The molecule has 1 aromatic rings. The maximum atomic E-state index is 5.33. The molecule has 1 atom stereocenters. The summed E-state index contributed by atoms with van der Waals surface area (Å²) in [5.41, 5.74) is 1.31. The van der Waals surface area contributed by atoms with Crippen LogP contribution in [0.1, 0.15) is 12.0 Å². The molecule has 0 bridgehead atoms. The zero-order valence-corrected chi connectivity index (χ0v) is 9.85. The van der Waals surface area contributed by atoms with Crippen molar-refractivity contribution in [3.63, 3.8) is 0 Å². The maximum absolute atomic E-state index is 5.33. The minimum Gasteiger partial charge on any atom is -0.496 e. The number of hydrogen-bond donors (Lipinski definition) is 1. The summed E-state index contributed by atoms with van der Waals surface area (Å²) in [5.74, 6) is 2.26. The molecule has 1 heterocycles. The van der Waals surface area contributed by atoms with E-state index in [1.54, 1.807) is 7.11 Å². The summed E-state index contributed by atoms with van der Waals surface area (Å²) in [6.45, 7) is 1.15. The highest BCUT2D eigenvalue weighted by atomic mass is 32.2. The quantitative estimate of drug-likeness (QED) is 0.846. The number of para-hydroxylation sites is 1. The van der Waals surface area contributed by atoms with Gasteiger partial charge in [0.25, 0.3) is 0 Å². The van der Waals surface area contributed by atoms with Crippen molar-refractivity contribution in [3.05, 3.63) is 29.8 Å². The lowest BCUT2D eigenvalue weighted by atomic mass is 10.1. The minimum absolute atomic E-state index is 0.634. The van der Waals surface area contributed by atoms with Crippen molar-refractivity contribution >= 4 is 11.8 Å². The second kappa shape index (κ2) is 5.42. The van der Waals surface area contributed by atoms with Gasteiger partial charge in [-0.25, -0.2) is 0 Å². The molecule has 2 rings (SSSR count). The standard InChI is InChI=1S/C12H17NOS/c1-14-11-5-3-2-4-10(11)6-7-12-13-8-9-15-12/h2-5,12-13H,6-9H2,1H3. The Morgan fingerprint density at radius 1 is 1.47 bits per heavy atom. The van der Waals surface area contributed by atoms with Crippen LogP contribution in [0.15, 0.2) is 24.3 Å². The molecule has 1 N–H and O–H groups in total. The van der Waals surface area contributed by atoms with Crippen molar-refractivity contribution in [2.45, 2.75) is 18.2 Å². The lowest BCUT2D eigenvalue weighted by Crippen LogP contribution is -2.20. The van der Waals surface area contributed by atoms with Gasteiger partial charge in [-0.1, -0.05) is 18.2 Å². The van der Waals surface area contributed by atoms with E-state index >= 15 is 0 Å². The Labute approximate surface area is 95.4 Å². The summed E-state index contributed by atoms with van der Waals surface area (Å²) in [4.78, 5) is 0. The highest BCUT2D eigenvalue weighted by Gasteiger charge is 2.14. The molecule has 82 valence electrons. The normalized spacial score (nSPS) is 20.5. The molecule has 15 heavy (non-hydrogen) atoms. The third-order valence-electron chi connectivity index (χ3n) is 2.66. The van der Waals surface area contributed by atoms with Gasteiger partial charge < -0.3 is 10.1 Å². The Balaban J connectivity index is 1.91. The molecule has 0 saturated carbocycles. The molecule has 0 amide bonds. The average Bonchev–Trinajstić information content (AvgIpc) is 2.79. The lowest BCUT2D eigenvalue weighted by molar-refractivity contribution is 0.408. The summed E-state index contributed by atoms with van der Waals surface area (Å²) in [5, 5.41) is 4.12. The van der Waals surface area contributed by atoms with Gasteiger partial charge in [0.15, 0.2) is 0 Å². The Hall–Kier alpha value is -0.670. The van der Waals surface area contributed by atoms with Gasteiger partial charge in [0.2, 0.25) is 0 Å². The molecule has 3 heteroatoms. The first kappa shape index (κ1) is 10.8. The topological polar surface area (TPSA) is 21.3 Å². The Morgan fingerprint density at radius 3 is 3.07 bits per heavy atom. The van der Waals surface area contributed by atoms with E-state index < -0.39 is 0 Å². The van der Waals surface area contributed by atoms with Gasteiger partial charge in [-0.2, -0.15) is 0 Å². The number of aryl methyl sites for hydroxylation is 1. The maximum Gasteiger partial charge on any atom is 0.122 e. The first-order chi connectivity index (χ1) is 7.40. The van der Waals surface area contributed by atoms with Crippen molar-refractivity contribution < 1.29 is 4.74 Å². The van der Waals surface area contributed by atoms with E-state index in [0.717, 1.165) is 18.7 Å². The van der Waals surface area contributed by atoms with E-state index in [-0.39, 0.29) is 0 Å². The molecule has 0 aromatic heterocycles. The van der Waals surface area contributed by atoms with Crippen LogP contribution in [0.5, 0.6) is 5.75 Å². The van der Waals surface area contributed by atoms with Gasteiger partial charge in [-0.15, -0.1) is 11.8 Å². The fourth-order valence-corrected chi connectivity index (χ4v) is 2.90. The molecule has 1 fully saturated rings. The van der Waals surface area contributed by atoms with Crippen molar-refractivity contribution in [1.82, 2.24) is 5.32 Å². The number of ether oxygens (including phenoxy) is 1. The molecule has 2 nitrogen and oxygen atoms in total. The molecule has 1 aromatic carbocycles. The molecule has 1 saturated heterocycles. The molecule has 1 unspecified atom stereocenters. The van der Waals surface area contributed by atoms with Gasteiger partial charge in [0, 0.05) is 12.3 Å². The molecular weight excluding hydrogens is 206 g/mol. The van der Waals surface area contributed by atoms with Crippen LogP contribution in [0.3, 0.4) is 0 Å². The Morgan fingerprint density at radius 2 is 2.33 bits per heavy atom. The van der Waals surface area contributed by atoms with Gasteiger partial charge in [-0.3, -0.25) is 0 Å². The third kappa shape index (κ3) is 2.89. The van der Waals surface area contributed by atoms with Crippen LogP contribution in [0, 0.1) is 0 Å². The Bertz CT molecular complexity index is 310. The molecule has 1 aliphatic rings. The van der Waals surface area contributed by atoms with E-state index in [1.807, 2.05) is 23.9 Å². The largest absolute Gasteiger partial charge is 0.496 e. The average molecular weight is 223 g/mol. The number of rotatable bonds is 4. The second-order valence-corrected chi connectivity index (χ2v) is 4.97. The van der Waals surface area contributed by atoms with Crippen molar-refractivity contribution in [2.75, 3.05) is 19.4 Å². The summed E-state index contributed by atoms with van der Waals surface area (Å²) in [7, 11) is 1.74. The smallest absolute Gasteiger partial charge is 0.122 e. The minimum atomic E-state index is 0.634. The van der Waals surface area contributed by atoms with Crippen LogP contribution >= 0.6 is 11.8 Å². The summed E-state index contributed by atoms with van der Waals surface area (Å²) in [6.07, 6.45) is 2.28. The number of thioether (sulfide) groups is 1. The van der Waals surface area contributed by atoms with Crippen LogP contribution in [0.25, 0.3) is 0 Å². The van der Waals surface area contributed by atoms with E-state index in [1.165, 1.54) is 17.7 Å². The lowest BCUT2D eigenvalue weighted by Gasteiger charge is -2.11. The van der Waals surface area contributed by atoms with Crippen LogP contribution in [0.4, 0.5) is 0 Å². The molecular formula is C12H17NOS. The number of hydrogen-bond acceptors (Lipinski definition) is 3. The molecule has 0 spiro atoms. The van der Waals surface area contributed by atoms with E-state index in [0.29, 0.717) is 5.37 Å². The summed E-state index contributed by atoms with van der Waals surface area (Å²) < 4.78 is 5.33. The Kier molecular flexibility index (Phi) is 3.92. The molecule has 0 radical (unpaired) electrons. The van der Waals surface area contributed by atoms with E-state index in [2.05, 4.69) is 17.4 Å².